The zero-order valence-electron chi connectivity index (χ0n) is 10.7. The Kier molecular flexibility index (Phi) is 4.32. The Balaban J connectivity index is 1.95. The van der Waals surface area contributed by atoms with Crippen molar-refractivity contribution >= 4 is 16.5 Å². The Labute approximate surface area is 113 Å². The van der Waals surface area contributed by atoms with Crippen LogP contribution in [0.5, 0.6) is 0 Å². The summed E-state index contributed by atoms with van der Waals surface area (Å²) in [6, 6.07) is -0.0880. The van der Waals surface area contributed by atoms with E-state index in [0.29, 0.717) is 6.61 Å². The minimum Gasteiger partial charge on any atom is -0.373 e. The van der Waals surface area contributed by atoms with E-state index < -0.39 is 11.9 Å². The van der Waals surface area contributed by atoms with Crippen LogP contribution < -0.4 is 5.32 Å². The Hall–Kier alpha value is -0.860. The summed E-state index contributed by atoms with van der Waals surface area (Å²) < 4.78 is 42.9. The quantitative estimate of drug-likeness (QED) is 0.928. The third-order valence-electron chi connectivity index (χ3n) is 3.00. The van der Waals surface area contributed by atoms with Gasteiger partial charge in [0.25, 0.3) is 0 Å². The molecule has 0 bridgehead atoms. The van der Waals surface area contributed by atoms with Gasteiger partial charge in [-0.3, -0.25) is 0 Å². The average molecular weight is 295 g/mol. The standard InChI is InChI=1S/C11H16F3N3OS/c1-7(8-5-17(2)3-4-18-8)15-10-16-9(6-19-10)11(12,13)14/h6-8H,3-5H2,1-2H3,(H,15,16). The van der Waals surface area contributed by atoms with Gasteiger partial charge < -0.3 is 15.0 Å². The number of nitrogens with one attached hydrogen (secondary N) is 1. The number of hydrogen-bond donors (Lipinski definition) is 1. The van der Waals surface area contributed by atoms with Crippen molar-refractivity contribution < 1.29 is 17.9 Å². The van der Waals surface area contributed by atoms with Crippen molar-refractivity contribution in [3.63, 3.8) is 0 Å². The lowest BCUT2D eigenvalue weighted by atomic mass is 10.1. The highest BCUT2D eigenvalue weighted by atomic mass is 32.1. The lowest BCUT2D eigenvalue weighted by Crippen LogP contribution is -2.47. The highest BCUT2D eigenvalue weighted by Crippen LogP contribution is 2.32. The Morgan fingerprint density at radius 1 is 1.58 bits per heavy atom. The van der Waals surface area contributed by atoms with Gasteiger partial charge in [0, 0.05) is 18.5 Å². The summed E-state index contributed by atoms with van der Waals surface area (Å²) >= 11 is 0.958. The maximum absolute atomic E-state index is 12.4. The summed E-state index contributed by atoms with van der Waals surface area (Å²) in [6.45, 7) is 4.15. The van der Waals surface area contributed by atoms with Crippen molar-refractivity contribution in [3.8, 4) is 0 Å². The predicted octanol–water partition coefficient (Wildman–Crippen LogP) is 2.29. The molecule has 0 aromatic carbocycles. The molecular formula is C11H16F3N3OS. The van der Waals surface area contributed by atoms with Gasteiger partial charge in [0.05, 0.1) is 18.8 Å². The second-order valence-electron chi connectivity index (χ2n) is 4.64. The molecule has 0 radical (unpaired) electrons. The number of ether oxygens (including phenoxy) is 1. The fourth-order valence-electron chi connectivity index (χ4n) is 1.87. The van der Waals surface area contributed by atoms with Gasteiger partial charge >= 0.3 is 6.18 Å². The number of halogens is 3. The number of anilines is 1. The Morgan fingerprint density at radius 2 is 2.32 bits per heavy atom. The van der Waals surface area contributed by atoms with Gasteiger partial charge in [0.2, 0.25) is 0 Å². The van der Waals surface area contributed by atoms with Gasteiger partial charge in [0.15, 0.2) is 10.8 Å². The second kappa shape index (κ2) is 5.64. The van der Waals surface area contributed by atoms with Gasteiger partial charge in [-0.2, -0.15) is 13.2 Å². The lowest BCUT2D eigenvalue weighted by Gasteiger charge is -2.33. The number of morpholine rings is 1. The first-order valence-corrected chi connectivity index (χ1v) is 6.83. The molecule has 2 unspecified atom stereocenters. The van der Waals surface area contributed by atoms with E-state index >= 15 is 0 Å². The van der Waals surface area contributed by atoms with Crippen LogP contribution in [0.3, 0.4) is 0 Å². The third kappa shape index (κ3) is 3.80. The van der Waals surface area contributed by atoms with E-state index in [0.717, 1.165) is 29.8 Å². The summed E-state index contributed by atoms with van der Waals surface area (Å²) in [7, 11) is 1.99. The van der Waals surface area contributed by atoms with E-state index in [9.17, 15) is 13.2 Å². The molecule has 4 nitrogen and oxygen atoms in total. The van der Waals surface area contributed by atoms with Gasteiger partial charge in [-0.1, -0.05) is 0 Å². The topological polar surface area (TPSA) is 37.4 Å². The molecule has 2 rings (SSSR count). The largest absolute Gasteiger partial charge is 0.434 e. The molecule has 0 amide bonds. The monoisotopic (exact) mass is 295 g/mol. The number of likely N-dealkylation sites (N-methyl/N-ethyl adjacent to an activating group) is 1. The smallest absolute Gasteiger partial charge is 0.373 e. The Morgan fingerprint density at radius 3 is 2.89 bits per heavy atom. The molecule has 1 N–H and O–H groups in total. The van der Waals surface area contributed by atoms with E-state index in [4.69, 9.17) is 4.74 Å². The number of alkyl halides is 3. The first-order chi connectivity index (χ1) is 8.86. The lowest BCUT2D eigenvalue weighted by molar-refractivity contribution is -0.140. The molecule has 19 heavy (non-hydrogen) atoms. The maximum Gasteiger partial charge on any atom is 0.434 e. The summed E-state index contributed by atoms with van der Waals surface area (Å²) in [5.41, 5.74) is -0.853. The maximum atomic E-state index is 12.4. The summed E-state index contributed by atoms with van der Waals surface area (Å²) in [5, 5.41) is 4.27. The molecular weight excluding hydrogens is 279 g/mol. The van der Waals surface area contributed by atoms with E-state index in [1.807, 2.05) is 14.0 Å². The molecule has 2 atom stereocenters. The molecule has 1 fully saturated rings. The van der Waals surface area contributed by atoms with Crippen molar-refractivity contribution in [1.82, 2.24) is 9.88 Å². The molecule has 0 saturated carbocycles. The number of nitrogens with zero attached hydrogens (tertiary/aromatic N) is 2. The number of hydrogen-bond acceptors (Lipinski definition) is 5. The highest BCUT2D eigenvalue weighted by Gasteiger charge is 2.34. The van der Waals surface area contributed by atoms with E-state index in [1.54, 1.807) is 0 Å². The fourth-order valence-corrected chi connectivity index (χ4v) is 2.69. The average Bonchev–Trinajstić information content (AvgIpc) is 2.77. The van der Waals surface area contributed by atoms with Crippen LogP contribution >= 0.6 is 11.3 Å². The minimum atomic E-state index is -4.39. The SMILES string of the molecule is CC(Nc1nc(C(F)(F)F)cs1)C1CN(C)CCO1. The van der Waals surface area contributed by atoms with Crippen LogP contribution in [-0.2, 0) is 10.9 Å². The molecule has 0 spiro atoms. The molecule has 1 aromatic heterocycles. The second-order valence-corrected chi connectivity index (χ2v) is 5.50. The van der Waals surface area contributed by atoms with Crippen molar-refractivity contribution in [2.75, 3.05) is 32.1 Å². The van der Waals surface area contributed by atoms with Crippen molar-refractivity contribution in [1.29, 1.82) is 0 Å². The van der Waals surface area contributed by atoms with Crippen molar-refractivity contribution in [3.05, 3.63) is 11.1 Å². The van der Waals surface area contributed by atoms with Crippen LogP contribution in [0.4, 0.5) is 18.3 Å². The molecule has 108 valence electrons. The van der Waals surface area contributed by atoms with E-state index in [1.165, 1.54) is 0 Å². The van der Waals surface area contributed by atoms with E-state index in [2.05, 4.69) is 15.2 Å². The number of rotatable bonds is 3. The first-order valence-electron chi connectivity index (χ1n) is 5.95. The fraction of sp³-hybridized carbons (Fsp3) is 0.727. The van der Waals surface area contributed by atoms with Crippen LogP contribution in [0.1, 0.15) is 12.6 Å². The van der Waals surface area contributed by atoms with Crippen molar-refractivity contribution in [2.45, 2.75) is 25.2 Å². The molecule has 2 heterocycles. The summed E-state index contributed by atoms with van der Waals surface area (Å²) in [6.07, 6.45) is -4.43. The predicted molar refractivity (Wildman–Crippen MR) is 67.4 cm³/mol. The zero-order chi connectivity index (χ0) is 14.0. The van der Waals surface area contributed by atoms with Crippen LogP contribution in [0.25, 0.3) is 0 Å². The van der Waals surface area contributed by atoms with Crippen LogP contribution in [0, 0.1) is 0 Å². The zero-order valence-corrected chi connectivity index (χ0v) is 11.5. The van der Waals surface area contributed by atoms with Gasteiger partial charge in [-0.15, -0.1) is 11.3 Å². The third-order valence-corrected chi connectivity index (χ3v) is 3.77. The minimum absolute atomic E-state index is 0.0445. The van der Waals surface area contributed by atoms with Gasteiger partial charge in [-0.25, -0.2) is 4.98 Å². The van der Waals surface area contributed by atoms with Gasteiger partial charge in [-0.05, 0) is 14.0 Å². The van der Waals surface area contributed by atoms with Gasteiger partial charge in [0.1, 0.15) is 0 Å². The first kappa shape index (κ1) is 14.5. The van der Waals surface area contributed by atoms with E-state index in [-0.39, 0.29) is 17.3 Å². The van der Waals surface area contributed by atoms with Crippen molar-refractivity contribution in [2.24, 2.45) is 0 Å². The number of thiazole rings is 1. The molecule has 1 aliphatic rings. The summed E-state index contributed by atoms with van der Waals surface area (Å²) in [5.74, 6) is 0. The highest BCUT2D eigenvalue weighted by molar-refractivity contribution is 7.13. The molecule has 1 saturated heterocycles. The number of aromatic nitrogens is 1. The molecule has 1 aliphatic heterocycles. The normalized spacial score (nSPS) is 23.3. The summed E-state index contributed by atoms with van der Waals surface area (Å²) in [4.78, 5) is 5.68. The van der Waals surface area contributed by atoms with Crippen LogP contribution in [0.2, 0.25) is 0 Å². The molecule has 1 aromatic rings. The van der Waals surface area contributed by atoms with Crippen LogP contribution in [0.15, 0.2) is 5.38 Å². The van der Waals surface area contributed by atoms with Crippen LogP contribution in [-0.4, -0.2) is 48.8 Å². The Bertz CT molecular complexity index is 424. The molecule has 8 heteroatoms. The molecule has 0 aliphatic carbocycles.